The Labute approximate surface area is 96.1 Å². The standard InChI is InChI=1S/C13H17NO2/c1-15-12-8-7-11(9-13(12)16-2)14-10-5-3-4-6-10/h7-9H,3-6H2,1-2H3. The Balaban J connectivity index is 2.25. The highest BCUT2D eigenvalue weighted by molar-refractivity contribution is 5.88. The van der Waals surface area contributed by atoms with Gasteiger partial charge in [0.1, 0.15) is 0 Å². The molecule has 1 aromatic rings. The molecule has 0 radical (unpaired) electrons. The van der Waals surface area contributed by atoms with Crippen molar-refractivity contribution in [2.45, 2.75) is 25.7 Å². The second-order valence-electron chi connectivity index (χ2n) is 3.92. The summed E-state index contributed by atoms with van der Waals surface area (Å²) in [4.78, 5) is 4.62. The molecular formula is C13H17NO2. The number of benzene rings is 1. The van der Waals surface area contributed by atoms with Crippen molar-refractivity contribution in [3.8, 4) is 11.5 Å². The van der Waals surface area contributed by atoms with Gasteiger partial charge in [-0.25, -0.2) is 0 Å². The second kappa shape index (κ2) is 5.01. The number of rotatable bonds is 3. The lowest BCUT2D eigenvalue weighted by Crippen LogP contribution is -1.90. The van der Waals surface area contributed by atoms with Crippen molar-refractivity contribution < 1.29 is 9.47 Å². The van der Waals surface area contributed by atoms with E-state index in [0.717, 1.165) is 30.0 Å². The van der Waals surface area contributed by atoms with Crippen LogP contribution >= 0.6 is 0 Å². The van der Waals surface area contributed by atoms with E-state index in [2.05, 4.69) is 4.99 Å². The van der Waals surface area contributed by atoms with E-state index in [1.54, 1.807) is 14.2 Å². The van der Waals surface area contributed by atoms with Gasteiger partial charge in [0.15, 0.2) is 11.5 Å². The van der Waals surface area contributed by atoms with Crippen molar-refractivity contribution in [3.63, 3.8) is 0 Å². The van der Waals surface area contributed by atoms with Gasteiger partial charge in [0.25, 0.3) is 0 Å². The SMILES string of the molecule is COc1ccc(N=C2CCCC2)cc1OC. The Morgan fingerprint density at radius 3 is 2.31 bits per heavy atom. The zero-order valence-corrected chi connectivity index (χ0v) is 9.82. The molecule has 16 heavy (non-hydrogen) atoms. The summed E-state index contributed by atoms with van der Waals surface area (Å²) in [5, 5.41) is 0. The summed E-state index contributed by atoms with van der Waals surface area (Å²) >= 11 is 0. The summed E-state index contributed by atoms with van der Waals surface area (Å²) in [6, 6.07) is 5.78. The largest absolute Gasteiger partial charge is 0.493 e. The van der Waals surface area contributed by atoms with Gasteiger partial charge in [-0.3, -0.25) is 4.99 Å². The molecule has 86 valence electrons. The van der Waals surface area contributed by atoms with Crippen molar-refractivity contribution in [1.82, 2.24) is 0 Å². The molecule has 1 saturated carbocycles. The highest BCUT2D eigenvalue weighted by Crippen LogP contribution is 2.31. The maximum absolute atomic E-state index is 5.25. The van der Waals surface area contributed by atoms with Crippen LogP contribution < -0.4 is 9.47 Å². The minimum atomic E-state index is 0.738. The molecule has 1 aliphatic rings. The van der Waals surface area contributed by atoms with Crippen molar-refractivity contribution in [1.29, 1.82) is 0 Å². The fourth-order valence-electron chi connectivity index (χ4n) is 1.97. The number of nitrogens with zero attached hydrogens (tertiary/aromatic N) is 1. The molecule has 0 heterocycles. The van der Waals surface area contributed by atoms with Crippen LogP contribution in [-0.4, -0.2) is 19.9 Å². The van der Waals surface area contributed by atoms with Crippen LogP contribution in [0.3, 0.4) is 0 Å². The number of hydrogen-bond acceptors (Lipinski definition) is 3. The van der Waals surface area contributed by atoms with Gasteiger partial charge < -0.3 is 9.47 Å². The molecule has 0 aromatic heterocycles. The molecule has 1 aromatic carbocycles. The zero-order valence-electron chi connectivity index (χ0n) is 9.82. The van der Waals surface area contributed by atoms with E-state index in [1.807, 2.05) is 18.2 Å². The third-order valence-corrected chi connectivity index (χ3v) is 2.84. The van der Waals surface area contributed by atoms with Crippen LogP contribution in [0, 0.1) is 0 Å². The topological polar surface area (TPSA) is 30.8 Å². The summed E-state index contributed by atoms with van der Waals surface area (Å²) < 4.78 is 10.4. The first-order chi connectivity index (χ1) is 7.83. The minimum Gasteiger partial charge on any atom is -0.493 e. The first-order valence-corrected chi connectivity index (χ1v) is 5.62. The monoisotopic (exact) mass is 219 g/mol. The molecule has 2 rings (SSSR count). The van der Waals surface area contributed by atoms with Gasteiger partial charge in [-0.1, -0.05) is 0 Å². The number of methoxy groups -OCH3 is 2. The van der Waals surface area contributed by atoms with Gasteiger partial charge >= 0.3 is 0 Å². The van der Waals surface area contributed by atoms with Gasteiger partial charge in [0, 0.05) is 11.8 Å². The van der Waals surface area contributed by atoms with E-state index >= 15 is 0 Å². The average Bonchev–Trinajstić information content (AvgIpc) is 2.81. The Kier molecular flexibility index (Phi) is 3.44. The fraction of sp³-hybridized carbons (Fsp3) is 0.462. The smallest absolute Gasteiger partial charge is 0.162 e. The van der Waals surface area contributed by atoms with Crippen LogP contribution in [-0.2, 0) is 0 Å². The highest BCUT2D eigenvalue weighted by Gasteiger charge is 2.09. The van der Waals surface area contributed by atoms with Crippen LogP contribution in [0.1, 0.15) is 25.7 Å². The van der Waals surface area contributed by atoms with Gasteiger partial charge in [-0.15, -0.1) is 0 Å². The molecule has 0 spiro atoms. The molecule has 3 nitrogen and oxygen atoms in total. The van der Waals surface area contributed by atoms with E-state index in [1.165, 1.54) is 18.6 Å². The number of hydrogen-bond donors (Lipinski definition) is 0. The maximum atomic E-state index is 5.25. The molecule has 1 fully saturated rings. The van der Waals surface area contributed by atoms with Crippen LogP contribution in [0.25, 0.3) is 0 Å². The van der Waals surface area contributed by atoms with E-state index in [-0.39, 0.29) is 0 Å². The summed E-state index contributed by atoms with van der Waals surface area (Å²) in [6.45, 7) is 0. The van der Waals surface area contributed by atoms with Gasteiger partial charge in [0.05, 0.1) is 19.9 Å². The third kappa shape index (κ3) is 2.35. The molecule has 0 bridgehead atoms. The van der Waals surface area contributed by atoms with E-state index < -0.39 is 0 Å². The van der Waals surface area contributed by atoms with Crippen LogP contribution in [0.4, 0.5) is 5.69 Å². The van der Waals surface area contributed by atoms with Crippen LogP contribution in [0.5, 0.6) is 11.5 Å². The maximum Gasteiger partial charge on any atom is 0.162 e. The second-order valence-corrected chi connectivity index (χ2v) is 3.92. The normalized spacial score (nSPS) is 15.0. The Morgan fingerprint density at radius 1 is 1.00 bits per heavy atom. The predicted octanol–water partition coefficient (Wildman–Crippen LogP) is 3.35. The van der Waals surface area contributed by atoms with Crippen LogP contribution in [0.2, 0.25) is 0 Å². The first-order valence-electron chi connectivity index (χ1n) is 5.62. The van der Waals surface area contributed by atoms with E-state index in [4.69, 9.17) is 9.47 Å². The molecule has 1 aliphatic carbocycles. The summed E-state index contributed by atoms with van der Waals surface area (Å²) in [5.41, 5.74) is 2.25. The molecule has 0 atom stereocenters. The summed E-state index contributed by atoms with van der Waals surface area (Å²) in [5.74, 6) is 1.49. The Morgan fingerprint density at radius 2 is 1.69 bits per heavy atom. The summed E-state index contributed by atoms with van der Waals surface area (Å²) in [6.07, 6.45) is 4.81. The predicted molar refractivity (Wildman–Crippen MR) is 65.1 cm³/mol. The Hall–Kier alpha value is -1.51. The van der Waals surface area contributed by atoms with Crippen molar-refractivity contribution >= 4 is 11.4 Å². The molecule has 0 amide bonds. The lowest BCUT2D eigenvalue weighted by atomic mass is 10.2. The van der Waals surface area contributed by atoms with Gasteiger partial charge in [-0.2, -0.15) is 0 Å². The van der Waals surface area contributed by atoms with Crippen molar-refractivity contribution in [2.24, 2.45) is 4.99 Å². The van der Waals surface area contributed by atoms with Crippen LogP contribution in [0.15, 0.2) is 23.2 Å². The fourth-order valence-corrected chi connectivity index (χ4v) is 1.97. The van der Waals surface area contributed by atoms with E-state index in [9.17, 15) is 0 Å². The molecule has 0 N–H and O–H groups in total. The Bertz CT molecular complexity index is 391. The molecular weight excluding hydrogens is 202 g/mol. The summed E-state index contributed by atoms with van der Waals surface area (Å²) in [7, 11) is 3.28. The number of aliphatic imine (C=N–C) groups is 1. The van der Waals surface area contributed by atoms with Crippen molar-refractivity contribution in [2.75, 3.05) is 14.2 Å². The third-order valence-electron chi connectivity index (χ3n) is 2.84. The average molecular weight is 219 g/mol. The lowest BCUT2D eigenvalue weighted by Gasteiger charge is -2.07. The molecule has 3 heteroatoms. The van der Waals surface area contributed by atoms with E-state index in [0.29, 0.717) is 0 Å². The quantitative estimate of drug-likeness (QED) is 0.780. The van der Waals surface area contributed by atoms with Gasteiger partial charge in [-0.05, 0) is 37.8 Å². The zero-order chi connectivity index (χ0) is 11.4. The number of ether oxygens (including phenoxy) is 2. The van der Waals surface area contributed by atoms with Gasteiger partial charge in [0.2, 0.25) is 0 Å². The highest BCUT2D eigenvalue weighted by atomic mass is 16.5. The van der Waals surface area contributed by atoms with Crippen molar-refractivity contribution in [3.05, 3.63) is 18.2 Å². The molecule has 0 aliphatic heterocycles. The minimum absolute atomic E-state index is 0.738. The molecule has 0 saturated heterocycles. The molecule has 0 unspecified atom stereocenters. The first kappa shape index (κ1) is 11.0. The lowest BCUT2D eigenvalue weighted by molar-refractivity contribution is 0.355.